The molecule has 4 fully saturated rings. The molecule has 0 amide bonds. The van der Waals surface area contributed by atoms with E-state index in [0.29, 0.717) is 12.0 Å². The summed E-state index contributed by atoms with van der Waals surface area (Å²) in [6.07, 6.45) is 5.60. The molecule has 5 heteroatoms. The number of carbonyl (C=O) groups excluding carboxylic acids is 1. The lowest BCUT2D eigenvalue weighted by molar-refractivity contribution is -0.132. The van der Waals surface area contributed by atoms with Gasteiger partial charge in [0.25, 0.3) is 0 Å². The predicted molar refractivity (Wildman–Crippen MR) is 130 cm³/mol. The number of aromatic nitrogens is 1. The highest BCUT2D eigenvalue weighted by Gasteiger charge is 2.49. The Hall–Kier alpha value is -1.85. The number of ether oxygens (including phenoxy) is 2. The molecule has 5 aliphatic rings. The second-order valence-corrected chi connectivity index (χ2v) is 11.1. The van der Waals surface area contributed by atoms with E-state index in [9.17, 15) is 4.79 Å². The molecule has 3 saturated heterocycles. The van der Waals surface area contributed by atoms with E-state index in [4.69, 9.17) is 9.47 Å². The number of fused-ring (bicyclic) bond motifs is 4. The van der Waals surface area contributed by atoms with Gasteiger partial charge in [0.15, 0.2) is 0 Å². The quantitative estimate of drug-likeness (QED) is 0.673. The molecule has 2 aromatic rings. The standard InChI is InChI=1S/C28H38N2O3/c1-5-18-11-17-12-22-26-20(9-10-30(14-17)27(18)22)21-13-19(7-8-23(21)29-26)32-28-25(16(4)31)15(3)24(6-2)33-28/h7-8,13,15,17-18,22,24-25,27-29H,5-6,9-12,14H2,1-4H3/t15-,17+,18+,22+,24-,25+,27?,28?/m1/s1. The van der Waals surface area contributed by atoms with E-state index in [1.807, 2.05) is 6.07 Å². The summed E-state index contributed by atoms with van der Waals surface area (Å²) in [6, 6.07) is 7.08. The molecule has 9 atom stereocenters. The fourth-order valence-corrected chi connectivity index (χ4v) is 7.87. The molecular formula is C28H38N2O3. The van der Waals surface area contributed by atoms with Gasteiger partial charge in [-0.05, 0) is 74.1 Å². The van der Waals surface area contributed by atoms with E-state index in [1.165, 1.54) is 48.0 Å². The molecule has 4 aliphatic heterocycles. The van der Waals surface area contributed by atoms with Crippen LogP contribution in [0.15, 0.2) is 18.2 Å². The van der Waals surface area contributed by atoms with E-state index in [1.54, 1.807) is 6.92 Å². The lowest BCUT2D eigenvalue weighted by atomic mass is 9.65. The van der Waals surface area contributed by atoms with Crippen LogP contribution in [0.2, 0.25) is 0 Å². The van der Waals surface area contributed by atoms with Crippen molar-refractivity contribution in [1.82, 2.24) is 9.88 Å². The van der Waals surface area contributed by atoms with Crippen molar-refractivity contribution in [3.05, 3.63) is 29.5 Å². The van der Waals surface area contributed by atoms with Gasteiger partial charge in [-0.1, -0.05) is 27.2 Å². The van der Waals surface area contributed by atoms with Crippen molar-refractivity contribution in [3.8, 4) is 5.75 Å². The predicted octanol–water partition coefficient (Wildman–Crippen LogP) is 5.28. The number of rotatable bonds is 5. The minimum absolute atomic E-state index is 0.0754. The van der Waals surface area contributed by atoms with Crippen molar-refractivity contribution in [1.29, 1.82) is 0 Å². The number of benzene rings is 1. The first-order chi connectivity index (χ1) is 16.0. The SMILES string of the molecule is CC[C@H]1C[C@H]2C[C@H]3c4[nH]c5ccc(OC6O[C@H](CC)[C@@H](C)[C@H]6C(C)=O)cc5c4CCN(C2)C13. The summed E-state index contributed by atoms with van der Waals surface area (Å²) in [5.74, 6) is 3.24. The number of nitrogens with zero attached hydrogens (tertiary/aromatic N) is 1. The van der Waals surface area contributed by atoms with E-state index in [2.05, 4.69) is 42.8 Å². The van der Waals surface area contributed by atoms with Gasteiger partial charge < -0.3 is 14.5 Å². The molecule has 5 heterocycles. The Labute approximate surface area is 197 Å². The van der Waals surface area contributed by atoms with Gasteiger partial charge >= 0.3 is 0 Å². The fourth-order valence-electron chi connectivity index (χ4n) is 7.87. The van der Waals surface area contributed by atoms with Crippen molar-refractivity contribution >= 4 is 16.7 Å². The Morgan fingerprint density at radius 1 is 1.24 bits per heavy atom. The molecule has 1 saturated carbocycles. The van der Waals surface area contributed by atoms with Crippen LogP contribution in [0.1, 0.15) is 70.6 Å². The van der Waals surface area contributed by atoms with Gasteiger partial charge in [-0.25, -0.2) is 0 Å². The number of H-pyrrole nitrogens is 1. The average molecular weight is 451 g/mol. The third-order valence-electron chi connectivity index (χ3n) is 9.37. The number of aromatic amines is 1. The smallest absolute Gasteiger partial charge is 0.210 e. The maximum Gasteiger partial charge on any atom is 0.210 e. The normalized spacial score (nSPS) is 39.5. The Morgan fingerprint density at radius 3 is 2.85 bits per heavy atom. The summed E-state index contributed by atoms with van der Waals surface area (Å²) in [7, 11) is 0. The van der Waals surface area contributed by atoms with Gasteiger partial charge in [0, 0.05) is 41.6 Å². The van der Waals surface area contributed by atoms with Crippen molar-refractivity contribution in [2.24, 2.45) is 23.7 Å². The highest BCUT2D eigenvalue weighted by atomic mass is 16.7. The molecule has 1 N–H and O–H groups in total. The second-order valence-electron chi connectivity index (χ2n) is 11.1. The van der Waals surface area contributed by atoms with Crippen LogP contribution in [0.25, 0.3) is 10.9 Å². The number of nitrogens with one attached hydrogen (secondary N) is 1. The van der Waals surface area contributed by atoms with Crippen LogP contribution in [0.4, 0.5) is 0 Å². The van der Waals surface area contributed by atoms with Crippen molar-refractivity contribution in [3.63, 3.8) is 0 Å². The summed E-state index contributed by atoms with van der Waals surface area (Å²) in [4.78, 5) is 19.0. The molecule has 0 spiro atoms. The zero-order valence-electron chi connectivity index (χ0n) is 20.5. The maximum absolute atomic E-state index is 12.4. The molecule has 178 valence electrons. The van der Waals surface area contributed by atoms with Crippen molar-refractivity contribution < 1.29 is 14.3 Å². The molecule has 4 bridgehead atoms. The highest BCUT2D eigenvalue weighted by Crippen LogP contribution is 2.51. The van der Waals surface area contributed by atoms with Gasteiger partial charge in [-0.3, -0.25) is 9.69 Å². The summed E-state index contributed by atoms with van der Waals surface area (Å²) in [5.41, 5.74) is 4.18. The number of Topliss-reactive ketones (excluding diaryl/α,β-unsaturated/α-hetero) is 1. The van der Waals surface area contributed by atoms with Gasteiger partial charge in [0.1, 0.15) is 11.5 Å². The van der Waals surface area contributed by atoms with Crippen molar-refractivity contribution in [2.75, 3.05) is 13.1 Å². The van der Waals surface area contributed by atoms with E-state index in [-0.39, 0.29) is 23.7 Å². The van der Waals surface area contributed by atoms with E-state index < -0.39 is 6.29 Å². The first-order valence-corrected chi connectivity index (χ1v) is 13.2. The number of carbonyl (C=O) groups is 1. The molecular weight excluding hydrogens is 412 g/mol. The van der Waals surface area contributed by atoms with Gasteiger partial charge in [0.05, 0.1) is 12.0 Å². The molecule has 5 nitrogen and oxygen atoms in total. The van der Waals surface area contributed by atoms with Gasteiger partial charge in [-0.15, -0.1) is 0 Å². The van der Waals surface area contributed by atoms with E-state index in [0.717, 1.165) is 37.0 Å². The number of hydrogen-bond acceptors (Lipinski definition) is 4. The maximum atomic E-state index is 12.4. The third-order valence-corrected chi connectivity index (χ3v) is 9.37. The number of hydrogen-bond donors (Lipinski definition) is 1. The van der Waals surface area contributed by atoms with Crippen LogP contribution in [-0.4, -0.2) is 47.2 Å². The summed E-state index contributed by atoms with van der Waals surface area (Å²) in [5, 5.41) is 1.29. The zero-order valence-corrected chi connectivity index (χ0v) is 20.5. The minimum Gasteiger partial charge on any atom is -0.464 e. The topological polar surface area (TPSA) is 54.6 Å². The average Bonchev–Trinajstić information content (AvgIpc) is 3.30. The van der Waals surface area contributed by atoms with Crippen LogP contribution in [0, 0.1) is 23.7 Å². The molecule has 0 radical (unpaired) electrons. The molecule has 3 unspecified atom stereocenters. The Bertz CT molecular complexity index is 1060. The summed E-state index contributed by atoms with van der Waals surface area (Å²) < 4.78 is 12.5. The van der Waals surface area contributed by atoms with Crippen LogP contribution < -0.4 is 4.74 Å². The second kappa shape index (κ2) is 8.13. The van der Waals surface area contributed by atoms with Crippen molar-refractivity contribution in [2.45, 2.75) is 84.2 Å². The monoisotopic (exact) mass is 450 g/mol. The Kier molecular flexibility index (Phi) is 5.34. The zero-order chi connectivity index (χ0) is 22.9. The molecule has 1 aromatic heterocycles. The lowest BCUT2D eigenvalue weighted by Crippen LogP contribution is -2.56. The van der Waals surface area contributed by atoms with Crippen LogP contribution in [-0.2, 0) is 16.0 Å². The Balaban J connectivity index is 1.33. The highest BCUT2D eigenvalue weighted by molar-refractivity contribution is 5.86. The lowest BCUT2D eigenvalue weighted by Gasteiger charge is -2.53. The summed E-state index contributed by atoms with van der Waals surface area (Å²) in [6.45, 7) is 10.7. The molecule has 7 rings (SSSR count). The molecule has 33 heavy (non-hydrogen) atoms. The first kappa shape index (κ1) is 21.7. The van der Waals surface area contributed by atoms with Gasteiger partial charge in [-0.2, -0.15) is 0 Å². The van der Waals surface area contributed by atoms with Crippen LogP contribution in [0.5, 0.6) is 5.75 Å². The molecule has 1 aromatic carbocycles. The summed E-state index contributed by atoms with van der Waals surface area (Å²) >= 11 is 0. The van der Waals surface area contributed by atoms with Crippen LogP contribution in [0.3, 0.4) is 0 Å². The fraction of sp³-hybridized carbons (Fsp3) is 0.679. The molecule has 1 aliphatic carbocycles. The number of ketones is 1. The largest absolute Gasteiger partial charge is 0.464 e. The third kappa shape index (κ3) is 3.37. The first-order valence-electron chi connectivity index (χ1n) is 13.2. The van der Waals surface area contributed by atoms with Crippen LogP contribution >= 0.6 is 0 Å². The number of piperidine rings is 2. The van der Waals surface area contributed by atoms with E-state index >= 15 is 0 Å². The Morgan fingerprint density at radius 2 is 2.09 bits per heavy atom. The van der Waals surface area contributed by atoms with Gasteiger partial charge in [0.2, 0.25) is 6.29 Å². The minimum atomic E-state index is -0.496.